The highest BCUT2D eigenvalue weighted by atomic mass is 16.7. The Bertz CT molecular complexity index is 1240. The lowest BCUT2D eigenvalue weighted by Gasteiger charge is -2.55. The molecule has 4 aliphatic heterocycles. The molecule has 45 heavy (non-hydrogen) atoms. The third-order valence-electron chi connectivity index (χ3n) is 9.67. The molecule has 5 heterocycles. The van der Waals surface area contributed by atoms with Crippen molar-refractivity contribution >= 4 is 29.7 Å². The van der Waals surface area contributed by atoms with Gasteiger partial charge in [-0.25, -0.2) is 0 Å². The number of piperazine rings is 1. The molecule has 0 spiro atoms. The van der Waals surface area contributed by atoms with Crippen LogP contribution in [0.3, 0.4) is 0 Å². The molecule has 1 aromatic heterocycles. The first kappa shape index (κ1) is 33.1. The summed E-state index contributed by atoms with van der Waals surface area (Å²) in [5.74, 6) is -0.131. The van der Waals surface area contributed by atoms with Crippen LogP contribution in [-0.4, -0.2) is 116 Å². The predicted molar refractivity (Wildman–Crippen MR) is 170 cm³/mol. The fourth-order valence-electron chi connectivity index (χ4n) is 7.35. The van der Waals surface area contributed by atoms with Gasteiger partial charge in [0.1, 0.15) is 6.04 Å². The summed E-state index contributed by atoms with van der Waals surface area (Å²) in [6.07, 6.45) is 7.79. The highest BCUT2D eigenvalue weighted by Crippen LogP contribution is 2.34. The molecule has 4 amide bonds. The fraction of sp³-hybridized carbons (Fsp3) is 0.676. The van der Waals surface area contributed by atoms with E-state index in [2.05, 4.69) is 23.7 Å². The quantitative estimate of drug-likeness (QED) is 0.410. The second-order valence-electron chi connectivity index (χ2n) is 13.8. The lowest BCUT2D eigenvalue weighted by molar-refractivity contribution is -0.275. The second kappa shape index (κ2) is 14.4. The average molecular weight is 623 g/mol. The van der Waals surface area contributed by atoms with E-state index >= 15 is 0 Å². The lowest BCUT2D eigenvalue weighted by atomic mass is 9.92. The summed E-state index contributed by atoms with van der Waals surface area (Å²) in [6, 6.07) is 5.30. The number of rotatable bonds is 8. The zero-order valence-corrected chi connectivity index (χ0v) is 27.5. The Morgan fingerprint density at radius 1 is 0.933 bits per heavy atom. The topological polar surface area (TPSA) is 107 Å². The molecule has 5 rings (SSSR count). The minimum Gasteiger partial charge on any atom is -0.343 e. The van der Waals surface area contributed by atoms with E-state index in [0.717, 1.165) is 51.9 Å². The van der Waals surface area contributed by atoms with Gasteiger partial charge in [0.25, 0.3) is 11.8 Å². The number of pyridine rings is 1. The first-order chi connectivity index (χ1) is 21.5. The SMILES string of the molecule is CC(=O)N1CCC(N2CCC(N3C[C@@H]4N(C(=O)/C=C/c5ccccn5)O[C@H](CC(C)C)C(=O)N4[C@@H](CC(C)C)C3=O)CC2)CC1. The molecular formula is C34H50N6O5. The van der Waals surface area contributed by atoms with Gasteiger partial charge in [0.2, 0.25) is 11.8 Å². The van der Waals surface area contributed by atoms with E-state index in [0.29, 0.717) is 24.6 Å². The van der Waals surface area contributed by atoms with Gasteiger partial charge in [0, 0.05) is 57.5 Å². The van der Waals surface area contributed by atoms with Crippen molar-refractivity contribution in [2.75, 3.05) is 32.7 Å². The number of amides is 4. The number of fused-ring (bicyclic) bond motifs is 1. The number of hydrogen-bond donors (Lipinski definition) is 0. The lowest BCUT2D eigenvalue weighted by Crippen LogP contribution is -2.74. The summed E-state index contributed by atoms with van der Waals surface area (Å²) in [4.78, 5) is 72.3. The van der Waals surface area contributed by atoms with Crippen molar-refractivity contribution in [3.63, 3.8) is 0 Å². The van der Waals surface area contributed by atoms with Crippen molar-refractivity contribution in [2.45, 2.75) is 104 Å². The Hall–Kier alpha value is -3.31. The summed E-state index contributed by atoms with van der Waals surface area (Å²) in [5, 5.41) is 1.35. The molecule has 3 atom stereocenters. The molecule has 246 valence electrons. The van der Waals surface area contributed by atoms with Crippen LogP contribution in [0.1, 0.15) is 78.8 Å². The monoisotopic (exact) mass is 622 g/mol. The Morgan fingerprint density at radius 3 is 2.20 bits per heavy atom. The predicted octanol–water partition coefficient (Wildman–Crippen LogP) is 3.17. The van der Waals surface area contributed by atoms with Gasteiger partial charge in [-0.3, -0.25) is 29.0 Å². The van der Waals surface area contributed by atoms with Crippen molar-refractivity contribution in [3.05, 3.63) is 36.2 Å². The number of piperidine rings is 2. The summed E-state index contributed by atoms with van der Waals surface area (Å²) in [7, 11) is 0. The normalized spacial score (nSPS) is 26.0. The minimum atomic E-state index is -0.833. The number of nitrogens with zero attached hydrogens (tertiary/aromatic N) is 6. The fourth-order valence-corrected chi connectivity index (χ4v) is 7.35. The van der Waals surface area contributed by atoms with Crippen molar-refractivity contribution in [3.8, 4) is 0 Å². The van der Waals surface area contributed by atoms with Gasteiger partial charge in [0.15, 0.2) is 12.3 Å². The average Bonchev–Trinajstić information content (AvgIpc) is 3.02. The first-order valence-corrected chi connectivity index (χ1v) is 16.7. The molecule has 11 heteroatoms. The van der Waals surface area contributed by atoms with Crippen LogP contribution >= 0.6 is 0 Å². The molecule has 4 saturated heterocycles. The third kappa shape index (κ3) is 7.57. The van der Waals surface area contributed by atoms with Crippen LogP contribution < -0.4 is 0 Å². The second-order valence-corrected chi connectivity index (χ2v) is 13.8. The molecule has 4 fully saturated rings. The standard InChI is InChI=1S/C34H50N6O5/c1-23(2)20-29-33(43)38(28-13-18-37(19-14-28)27-11-16-36(17-12-27)25(5)41)22-31-39(29)34(44)30(21-24(3)4)45-40(31)32(42)10-9-26-8-6-7-15-35-26/h6-10,15,23-24,27-31H,11-14,16-22H2,1-5H3/b10-9+/t29-,30+,31-/m0/s1. The van der Waals surface area contributed by atoms with Crippen molar-refractivity contribution < 1.29 is 24.0 Å². The zero-order valence-electron chi connectivity index (χ0n) is 27.5. The molecule has 11 nitrogen and oxygen atoms in total. The molecule has 0 unspecified atom stereocenters. The molecule has 0 aliphatic carbocycles. The third-order valence-corrected chi connectivity index (χ3v) is 9.67. The highest BCUT2D eigenvalue weighted by molar-refractivity contribution is 5.95. The Kier molecular flexibility index (Phi) is 10.6. The molecular weight excluding hydrogens is 572 g/mol. The van der Waals surface area contributed by atoms with Crippen molar-refractivity contribution in [2.24, 2.45) is 11.8 Å². The number of hydrogen-bond acceptors (Lipinski definition) is 7. The highest BCUT2D eigenvalue weighted by Gasteiger charge is 2.53. The van der Waals surface area contributed by atoms with Gasteiger partial charge in [-0.1, -0.05) is 33.8 Å². The van der Waals surface area contributed by atoms with Gasteiger partial charge in [0.05, 0.1) is 12.2 Å². The van der Waals surface area contributed by atoms with Crippen molar-refractivity contribution in [1.82, 2.24) is 29.6 Å². The Morgan fingerprint density at radius 2 is 1.60 bits per heavy atom. The zero-order chi connectivity index (χ0) is 32.2. The van der Waals surface area contributed by atoms with Gasteiger partial charge >= 0.3 is 0 Å². The number of hydroxylamine groups is 2. The molecule has 4 aliphatic rings. The van der Waals surface area contributed by atoms with Gasteiger partial charge < -0.3 is 19.6 Å². The van der Waals surface area contributed by atoms with Crippen LogP contribution in [0.15, 0.2) is 30.5 Å². The van der Waals surface area contributed by atoms with Crippen LogP contribution in [0.5, 0.6) is 0 Å². The van der Waals surface area contributed by atoms with E-state index in [-0.39, 0.29) is 48.1 Å². The van der Waals surface area contributed by atoms with E-state index in [1.165, 1.54) is 11.1 Å². The Labute approximate surface area is 267 Å². The van der Waals surface area contributed by atoms with Crippen LogP contribution in [0.4, 0.5) is 0 Å². The first-order valence-electron chi connectivity index (χ1n) is 16.7. The largest absolute Gasteiger partial charge is 0.343 e. The molecule has 0 saturated carbocycles. The maximum absolute atomic E-state index is 14.3. The number of carbonyl (C=O) groups is 4. The molecule has 1 aromatic rings. The van der Waals surface area contributed by atoms with E-state index in [1.807, 2.05) is 41.8 Å². The summed E-state index contributed by atoms with van der Waals surface area (Å²) in [6.45, 7) is 13.4. The van der Waals surface area contributed by atoms with Crippen LogP contribution in [0, 0.1) is 11.8 Å². The van der Waals surface area contributed by atoms with E-state index in [4.69, 9.17) is 4.84 Å². The number of aromatic nitrogens is 1. The molecule has 0 radical (unpaired) electrons. The van der Waals surface area contributed by atoms with E-state index in [1.54, 1.807) is 24.1 Å². The van der Waals surface area contributed by atoms with Crippen molar-refractivity contribution in [1.29, 1.82) is 0 Å². The minimum absolute atomic E-state index is 0.0207. The van der Waals surface area contributed by atoms with Gasteiger partial charge in [-0.2, -0.15) is 5.06 Å². The smallest absolute Gasteiger partial charge is 0.272 e. The van der Waals surface area contributed by atoms with E-state index in [9.17, 15) is 19.2 Å². The summed E-state index contributed by atoms with van der Waals surface area (Å²) in [5.41, 5.74) is 0.645. The number of likely N-dealkylation sites (tertiary alicyclic amines) is 2. The van der Waals surface area contributed by atoms with Gasteiger partial charge in [-0.05, 0) is 68.6 Å². The van der Waals surface area contributed by atoms with Crippen LogP contribution in [0.2, 0.25) is 0 Å². The summed E-state index contributed by atoms with van der Waals surface area (Å²) >= 11 is 0. The van der Waals surface area contributed by atoms with Crippen LogP contribution in [-0.2, 0) is 24.0 Å². The molecule has 0 bridgehead atoms. The molecule has 0 N–H and O–H groups in total. The number of carbonyl (C=O) groups excluding carboxylic acids is 4. The maximum Gasteiger partial charge on any atom is 0.272 e. The molecule has 0 aromatic carbocycles. The van der Waals surface area contributed by atoms with Gasteiger partial charge in [-0.15, -0.1) is 0 Å². The van der Waals surface area contributed by atoms with E-state index < -0.39 is 18.3 Å². The van der Waals surface area contributed by atoms with Crippen LogP contribution in [0.25, 0.3) is 6.08 Å². The summed E-state index contributed by atoms with van der Waals surface area (Å²) < 4.78 is 0. The maximum atomic E-state index is 14.3. The Balaban J connectivity index is 1.36.